The molecule has 1 amide bonds. The molecule has 2 aromatic carbocycles. The van der Waals surface area contributed by atoms with Crippen LogP contribution in [0.4, 0.5) is 5.69 Å². The largest absolute Gasteiger partial charge is 0.350 e. The number of carbonyl (C=O) groups excluding carboxylic acids is 1. The van der Waals surface area contributed by atoms with Gasteiger partial charge in [0.05, 0.1) is 18.5 Å². The molecule has 0 unspecified atom stereocenters. The van der Waals surface area contributed by atoms with Crippen LogP contribution in [0, 0.1) is 6.92 Å². The van der Waals surface area contributed by atoms with Crippen molar-refractivity contribution < 1.29 is 13.2 Å². The van der Waals surface area contributed by atoms with Crippen molar-refractivity contribution in [2.75, 3.05) is 23.7 Å². The summed E-state index contributed by atoms with van der Waals surface area (Å²) in [4.78, 5) is 12.4. The normalized spacial score (nSPS) is 11.9. The first kappa shape index (κ1) is 21.0. The number of rotatable bonds is 6. The van der Waals surface area contributed by atoms with Gasteiger partial charge in [0.25, 0.3) is 5.91 Å². The molecule has 0 bridgehead atoms. The van der Waals surface area contributed by atoms with Crippen LogP contribution in [0.5, 0.6) is 0 Å². The number of para-hydroxylation sites is 1. The van der Waals surface area contributed by atoms with Gasteiger partial charge in [-0.1, -0.05) is 51.1 Å². The van der Waals surface area contributed by atoms with Crippen LogP contribution in [-0.4, -0.2) is 33.7 Å². The Morgan fingerprint density at radius 3 is 2.15 bits per heavy atom. The number of hydrogen-bond acceptors (Lipinski definition) is 3. The van der Waals surface area contributed by atoms with Gasteiger partial charge in [-0.3, -0.25) is 9.10 Å². The lowest BCUT2D eigenvalue weighted by Crippen LogP contribution is -2.38. The smallest absolute Gasteiger partial charge is 0.251 e. The van der Waals surface area contributed by atoms with Crippen LogP contribution in [0.25, 0.3) is 0 Å². The lowest BCUT2D eigenvalue weighted by atomic mass is 9.87. The quantitative estimate of drug-likeness (QED) is 0.824. The Morgan fingerprint density at radius 2 is 1.63 bits per heavy atom. The van der Waals surface area contributed by atoms with E-state index in [2.05, 4.69) is 26.1 Å². The maximum Gasteiger partial charge on any atom is 0.251 e. The molecular weight excluding hydrogens is 360 g/mol. The van der Waals surface area contributed by atoms with Gasteiger partial charge in [0.1, 0.15) is 0 Å². The average Bonchev–Trinajstić information content (AvgIpc) is 2.58. The molecule has 146 valence electrons. The standard InChI is InChI=1S/C21H28N2O3S/c1-16-8-6-7-9-19(16)23(27(5,25)26)15-14-22-20(24)17-10-12-18(13-11-17)21(2,3)4/h6-13H,14-15H2,1-5H3,(H,22,24). The highest BCUT2D eigenvalue weighted by atomic mass is 32.2. The second kappa shape index (κ2) is 8.13. The highest BCUT2D eigenvalue weighted by molar-refractivity contribution is 7.92. The molecule has 0 saturated heterocycles. The summed E-state index contributed by atoms with van der Waals surface area (Å²) in [5.74, 6) is -0.214. The molecule has 0 saturated carbocycles. The predicted octanol–water partition coefficient (Wildman–Crippen LogP) is 3.49. The minimum absolute atomic E-state index is 0.0263. The van der Waals surface area contributed by atoms with Crippen molar-refractivity contribution in [3.63, 3.8) is 0 Å². The van der Waals surface area contributed by atoms with E-state index in [1.807, 2.05) is 31.2 Å². The maximum atomic E-state index is 12.4. The molecule has 0 atom stereocenters. The summed E-state index contributed by atoms with van der Waals surface area (Å²) in [7, 11) is -3.44. The van der Waals surface area contributed by atoms with Crippen molar-refractivity contribution in [2.45, 2.75) is 33.1 Å². The van der Waals surface area contributed by atoms with Gasteiger partial charge in [-0.15, -0.1) is 0 Å². The van der Waals surface area contributed by atoms with E-state index in [9.17, 15) is 13.2 Å². The molecule has 6 heteroatoms. The predicted molar refractivity (Wildman–Crippen MR) is 111 cm³/mol. The second-order valence-electron chi connectivity index (χ2n) is 7.70. The van der Waals surface area contributed by atoms with Gasteiger partial charge < -0.3 is 5.32 Å². The van der Waals surface area contributed by atoms with Gasteiger partial charge in [-0.05, 0) is 41.7 Å². The van der Waals surface area contributed by atoms with Crippen molar-refractivity contribution in [3.8, 4) is 0 Å². The van der Waals surface area contributed by atoms with Gasteiger partial charge in [0.2, 0.25) is 10.0 Å². The van der Waals surface area contributed by atoms with E-state index in [4.69, 9.17) is 0 Å². The van der Waals surface area contributed by atoms with Crippen LogP contribution in [0.3, 0.4) is 0 Å². The fourth-order valence-electron chi connectivity index (χ4n) is 2.80. The van der Waals surface area contributed by atoms with E-state index >= 15 is 0 Å². The Kier molecular flexibility index (Phi) is 6.31. The number of nitrogens with zero attached hydrogens (tertiary/aromatic N) is 1. The summed E-state index contributed by atoms with van der Waals surface area (Å²) < 4.78 is 25.7. The lowest BCUT2D eigenvalue weighted by molar-refractivity contribution is 0.0954. The topological polar surface area (TPSA) is 66.5 Å². The third kappa shape index (κ3) is 5.57. The molecule has 2 aromatic rings. The van der Waals surface area contributed by atoms with Gasteiger partial charge in [-0.25, -0.2) is 8.42 Å². The van der Waals surface area contributed by atoms with Crippen molar-refractivity contribution in [1.82, 2.24) is 5.32 Å². The van der Waals surface area contributed by atoms with E-state index in [0.717, 1.165) is 11.1 Å². The van der Waals surface area contributed by atoms with E-state index < -0.39 is 10.0 Å². The SMILES string of the molecule is Cc1ccccc1N(CCNC(=O)c1ccc(C(C)(C)C)cc1)S(C)(=O)=O. The second-order valence-corrected chi connectivity index (χ2v) is 9.61. The molecule has 2 rings (SSSR count). The Hall–Kier alpha value is -2.34. The summed E-state index contributed by atoms with van der Waals surface area (Å²) in [6.07, 6.45) is 1.17. The Labute approximate surface area is 162 Å². The van der Waals surface area contributed by atoms with E-state index in [1.54, 1.807) is 24.3 Å². The molecule has 0 heterocycles. The minimum Gasteiger partial charge on any atom is -0.350 e. The zero-order valence-corrected chi connectivity index (χ0v) is 17.4. The highest BCUT2D eigenvalue weighted by Gasteiger charge is 2.19. The van der Waals surface area contributed by atoms with Crippen molar-refractivity contribution in [1.29, 1.82) is 0 Å². The molecule has 0 fully saturated rings. The summed E-state index contributed by atoms with van der Waals surface area (Å²) in [6.45, 7) is 8.62. The third-order valence-electron chi connectivity index (χ3n) is 4.40. The average molecular weight is 389 g/mol. The van der Waals surface area contributed by atoms with Gasteiger partial charge >= 0.3 is 0 Å². The molecule has 0 aliphatic rings. The van der Waals surface area contributed by atoms with Crippen LogP contribution in [0.2, 0.25) is 0 Å². The van der Waals surface area contributed by atoms with Crippen molar-refractivity contribution >= 4 is 21.6 Å². The van der Waals surface area contributed by atoms with Crippen molar-refractivity contribution in [3.05, 3.63) is 65.2 Å². The van der Waals surface area contributed by atoms with Gasteiger partial charge in [0.15, 0.2) is 0 Å². The first-order valence-electron chi connectivity index (χ1n) is 8.92. The molecule has 27 heavy (non-hydrogen) atoms. The number of nitrogens with one attached hydrogen (secondary N) is 1. The zero-order valence-electron chi connectivity index (χ0n) is 16.6. The number of amides is 1. The molecular formula is C21H28N2O3S. The number of carbonyl (C=O) groups is 1. The summed E-state index contributed by atoms with van der Waals surface area (Å²) in [5.41, 5.74) is 3.24. The van der Waals surface area contributed by atoms with Crippen molar-refractivity contribution in [2.24, 2.45) is 0 Å². The Bertz CT molecular complexity index is 898. The monoisotopic (exact) mass is 388 g/mol. The number of aryl methyl sites for hydroxylation is 1. The molecule has 1 N–H and O–H groups in total. The molecule has 0 aliphatic heterocycles. The molecule has 5 nitrogen and oxygen atoms in total. The summed E-state index contributed by atoms with van der Waals surface area (Å²) in [5, 5.41) is 2.80. The van der Waals surface area contributed by atoms with Crippen LogP contribution >= 0.6 is 0 Å². The lowest BCUT2D eigenvalue weighted by Gasteiger charge is -2.24. The summed E-state index contributed by atoms with van der Waals surface area (Å²) in [6, 6.07) is 14.8. The van der Waals surface area contributed by atoms with Crippen LogP contribution in [-0.2, 0) is 15.4 Å². The number of hydrogen-bond donors (Lipinski definition) is 1. The van der Waals surface area contributed by atoms with Crippen LogP contribution in [0.1, 0.15) is 42.3 Å². The Morgan fingerprint density at radius 1 is 1.04 bits per heavy atom. The minimum atomic E-state index is -3.44. The highest BCUT2D eigenvalue weighted by Crippen LogP contribution is 2.23. The number of anilines is 1. The molecule has 0 spiro atoms. The first-order valence-corrected chi connectivity index (χ1v) is 10.8. The van der Waals surface area contributed by atoms with Gasteiger partial charge in [-0.2, -0.15) is 0 Å². The van der Waals surface area contributed by atoms with Crippen LogP contribution in [0.15, 0.2) is 48.5 Å². The van der Waals surface area contributed by atoms with E-state index in [0.29, 0.717) is 11.3 Å². The first-order chi connectivity index (χ1) is 12.5. The van der Waals surface area contributed by atoms with E-state index in [-0.39, 0.29) is 24.4 Å². The maximum absolute atomic E-state index is 12.4. The number of sulfonamides is 1. The molecule has 0 radical (unpaired) electrons. The fourth-order valence-corrected chi connectivity index (χ4v) is 3.79. The number of benzene rings is 2. The third-order valence-corrected chi connectivity index (χ3v) is 5.58. The molecule has 0 aromatic heterocycles. The summed E-state index contributed by atoms with van der Waals surface area (Å²) >= 11 is 0. The Balaban J connectivity index is 2.05. The molecule has 0 aliphatic carbocycles. The zero-order chi connectivity index (χ0) is 20.2. The van der Waals surface area contributed by atoms with Gasteiger partial charge in [0, 0.05) is 12.1 Å². The van der Waals surface area contributed by atoms with Crippen LogP contribution < -0.4 is 9.62 Å². The van der Waals surface area contributed by atoms with E-state index in [1.165, 1.54) is 10.6 Å². The fraction of sp³-hybridized carbons (Fsp3) is 0.381.